The molecule has 6 heteroatoms. The second-order valence-corrected chi connectivity index (χ2v) is 5.61. The van der Waals surface area contributed by atoms with Gasteiger partial charge in [0, 0.05) is 11.2 Å². The van der Waals surface area contributed by atoms with Crippen molar-refractivity contribution in [2.45, 2.75) is 12.4 Å². The van der Waals surface area contributed by atoms with E-state index < -0.39 is 8.54 Å². The summed E-state index contributed by atoms with van der Waals surface area (Å²) in [5, 5.41) is 0. The van der Waals surface area contributed by atoms with E-state index in [-0.39, 0.29) is 5.44 Å². The van der Waals surface area contributed by atoms with E-state index in [2.05, 4.69) is 23.8 Å². The number of hydrogen-bond donors (Lipinski definition) is 1. The lowest BCUT2D eigenvalue weighted by molar-refractivity contribution is 0.364. The van der Waals surface area contributed by atoms with Crippen molar-refractivity contribution in [2.75, 3.05) is 0 Å². The van der Waals surface area contributed by atoms with Crippen molar-refractivity contribution >= 4 is 39.9 Å². The largest absolute Gasteiger partial charge is 0.302 e. The summed E-state index contributed by atoms with van der Waals surface area (Å²) in [4.78, 5) is 0. The predicted molar refractivity (Wildman–Crippen MR) is 42.0 cm³/mol. The first-order chi connectivity index (χ1) is 3.63. The van der Waals surface area contributed by atoms with Crippen LogP contribution in [0, 0.1) is 0 Å². The van der Waals surface area contributed by atoms with Crippen LogP contribution in [0.25, 0.3) is 0 Å². The minimum absolute atomic E-state index is 0.191. The fourth-order valence-corrected chi connectivity index (χ4v) is 1.54. The van der Waals surface area contributed by atoms with Gasteiger partial charge in [-0.05, 0) is 6.92 Å². The highest BCUT2D eigenvalue weighted by Gasteiger charge is 1.86. The average molecular weight is 188 g/mol. The summed E-state index contributed by atoms with van der Waals surface area (Å²) in [5.41, 5.74) is -0.191. The Bertz CT molecular complexity index is 162. The average Bonchev–Trinajstić information content (AvgIpc) is 1.61. The molecule has 0 rings (SSSR count). The van der Waals surface area contributed by atoms with E-state index in [1.54, 1.807) is 6.92 Å². The molecule has 0 aromatic rings. The zero-order valence-corrected chi connectivity index (χ0v) is 7.53. The first kappa shape index (κ1) is 8.85. The molecule has 0 amide bonds. The van der Waals surface area contributed by atoms with Crippen LogP contribution in [0.2, 0.25) is 0 Å². The second kappa shape index (κ2) is 4.70. The Kier molecular flexibility index (Phi) is 5.20. The molecule has 0 spiro atoms. The fraction of sp³-hybridized carbons (Fsp3) is 1.00. The van der Waals surface area contributed by atoms with Gasteiger partial charge in [-0.15, -0.1) is 12.6 Å². The smallest absolute Gasteiger partial charge is 0.169 e. The van der Waals surface area contributed by atoms with Crippen LogP contribution in [0.1, 0.15) is 6.92 Å². The SMILES string of the molecule is CC(S)OP=S(=O)=S. The van der Waals surface area contributed by atoms with E-state index in [4.69, 9.17) is 4.52 Å². The molecule has 1 atom stereocenters. The third kappa shape index (κ3) is 6.85. The molecular weight excluding hydrogens is 183 g/mol. The molecule has 0 aromatic carbocycles. The summed E-state index contributed by atoms with van der Waals surface area (Å²) in [5.74, 6) is 0. The van der Waals surface area contributed by atoms with Crippen molar-refractivity contribution in [3.05, 3.63) is 0 Å². The Hall–Kier alpha value is 0.850. The van der Waals surface area contributed by atoms with Gasteiger partial charge in [-0.3, -0.25) is 0 Å². The Morgan fingerprint density at radius 1 is 2.00 bits per heavy atom. The normalized spacial score (nSPS) is 13.8. The predicted octanol–water partition coefficient (Wildman–Crippen LogP) is 1.27. The van der Waals surface area contributed by atoms with Gasteiger partial charge in [0.05, 0.1) is 0 Å². The van der Waals surface area contributed by atoms with E-state index in [0.29, 0.717) is 7.58 Å². The zero-order chi connectivity index (χ0) is 6.57. The molecule has 1 unspecified atom stereocenters. The van der Waals surface area contributed by atoms with Crippen molar-refractivity contribution in [2.24, 2.45) is 0 Å². The van der Waals surface area contributed by atoms with Crippen LogP contribution in [-0.2, 0) is 24.2 Å². The summed E-state index contributed by atoms with van der Waals surface area (Å²) in [6, 6.07) is 0. The molecule has 0 radical (unpaired) electrons. The number of thiol groups is 1. The molecule has 0 heterocycles. The first-order valence-corrected chi connectivity index (χ1v) is 5.78. The minimum Gasteiger partial charge on any atom is -0.302 e. The standard InChI is InChI=1S/C2H5O2PS3/c1-2(6)4-5-8(3)7/h2,6H,1H3. The molecule has 0 N–H and O–H groups in total. The lowest BCUT2D eigenvalue weighted by atomic mass is 10.9. The maximum atomic E-state index is 10.1. The van der Waals surface area contributed by atoms with Crippen molar-refractivity contribution in [3.63, 3.8) is 0 Å². The molecule has 0 aliphatic heterocycles. The quantitative estimate of drug-likeness (QED) is 0.401. The van der Waals surface area contributed by atoms with Gasteiger partial charge in [0.15, 0.2) is 7.58 Å². The van der Waals surface area contributed by atoms with Crippen LogP contribution >= 0.6 is 20.2 Å². The summed E-state index contributed by atoms with van der Waals surface area (Å²) in [6.07, 6.45) is 0. The third-order valence-electron chi connectivity index (χ3n) is 0.256. The second-order valence-electron chi connectivity index (χ2n) is 0.996. The molecule has 48 valence electrons. The van der Waals surface area contributed by atoms with Crippen LogP contribution in [-0.4, -0.2) is 9.64 Å². The van der Waals surface area contributed by atoms with Gasteiger partial charge in [0.2, 0.25) is 0 Å². The van der Waals surface area contributed by atoms with Gasteiger partial charge < -0.3 is 4.52 Å². The van der Waals surface area contributed by atoms with Crippen molar-refractivity contribution in [1.82, 2.24) is 0 Å². The van der Waals surface area contributed by atoms with Gasteiger partial charge in [0.1, 0.15) is 14.0 Å². The first-order valence-electron chi connectivity index (χ1n) is 1.77. The summed E-state index contributed by atoms with van der Waals surface area (Å²) < 4.78 is 14.8. The molecule has 0 aliphatic rings. The van der Waals surface area contributed by atoms with Crippen LogP contribution < -0.4 is 0 Å². The summed E-state index contributed by atoms with van der Waals surface area (Å²) >= 11 is 8.16. The molecule has 0 bridgehead atoms. The van der Waals surface area contributed by atoms with Crippen LogP contribution in [0.5, 0.6) is 0 Å². The van der Waals surface area contributed by atoms with Crippen LogP contribution in [0.3, 0.4) is 0 Å². The number of hydrogen-bond acceptors (Lipinski definition) is 4. The Morgan fingerprint density at radius 2 is 2.50 bits per heavy atom. The Labute approximate surface area is 61.2 Å². The molecule has 0 aliphatic carbocycles. The fourth-order valence-electron chi connectivity index (χ4n) is 0.0974. The summed E-state index contributed by atoms with van der Waals surface area (Å²) in [7, 11) is -0.987. The van der Waals surface area contributed by atoms with E-state index in [9.17, 15) is 4.21 Å². The maximum Gasteiger partial charge on any atom is 0.169 e. The molecule has 0 saturated heterocycles. The highest BCUT2D eigenvalue weighted by molar-refractivity contribution is 8.34. The highest BCUT2D eigenvalue weighted by Crippen LogP contribution is 2.05. The van der Waals surface area contributed by atoms with Gasteiger partial charge in [-0.2, -0.15) is 0 Å². The lowest BCUT2D eigenvalue weighted by Gasteiger charge is -1.93. The van der Waals surface area contributed by atoms with E-state index in [1.165, 1.54) is 0 Å². The Balaban J connectivity index is 3.62. The highest BCUT2D eigenvalue weighted by atomic mass is 32.9. The zero-order valence-electron chi connectivity index (χ0n) is 4.10. The van der Waals surface area contributed by atoms with Gasteiger partial charge in [-0.1, -0.05) is 0 Å². The van der Waals surface area contributed by atoms with Gasteiger partial charge >= 0.3 is 0 Å². The molecular formula is C2H5O2PS3. The van der Waals surface area contributed by atoms with Crippen LogP contribution in [0.4, 0.5) is 0 Å². The van der Waals surface area contributed by atoms with Gasteiger partial charge in [-0.25, -0.2) is 4.21 Å². The van der Waals surface area contributed by atoms with E-state index in [1.807, 2.05) is 0 Å². The molecule has 0 saturated carbocycles. The van der Waals surface area contributed by atoms with Crippen molar-refractivity contribution in [3.8, 4) is 0 Å². The van der Waals surface area contributed by atoms with E-state index in [0.717, 1.165) is 0 Å². The van der Waals surface area contributed by atoms with Crippen LogP contribution in [0.15, 0.2) is 0 Å². The molecule has 0 fully saturated rings. The topological polar surface area (TPSA) is 26.3 Å². The molecule has 0 aromatic heterocycles. The minimum atomic E-state index is -1.30. The molecule has 8 heavy (non-hydrogen) atoms. The number of rotatable bonds is 2. The van der Waals surface area contributed by atoms with Crippen molar-refractivity contribution in [1.29, 1.82) is 0 Å². The van der Waals surface area contributed by atoms with Crippen molar-refractivity contribution < 1.29 is 8.73 Å². The summed E-state index contributed by atoms with van der Waals surface area (Å²) in [6.45, 7) is 1.73. The Morgan fingerprint density at radius 3 is 2.62 bits per heavy atom. The molecule has 2 nitrogen and oxygen atoms in total. The van der Waals surface area contributed by atoms with Gasteiger partial charge in [0.25, 0.3) is 0 Å². The van der Waals surface area contributed by atoms with E-state index >= 15 is 0 Å². The lowest BCUT2D eigenvalue weighted by Crippen LogP contribution is -1.85. The maximum absolute atomic E-state index is 10.1. The monoisotopic (exact) mass is 188 g/mol. The third-order valence-corrected chi connectivity index (χ3v) is 2.22.